The van der Waals surface area contributed by atoms with Crippen molar-refractivity contribution in [1.29, 1.82) is 0 Å². The van der Waals surface area contributed by atoms with Gasteiger partial charge in [-0.2, -0.15) is 0 Å². The zero-order valence-electron chi connectivity index (χ0n) is 47.8. The van der Waals surface area contributed by atoms with Crippen LogP contribution in [0.5, 0.6) is 0 Å². The van der Waals surface area contributed by atoms with E-state index in [1.165, 1.54) is 128 Å². The maximum atomic E-state index is 12.8. The highest BCUT2D eigenvalue weighted by atomic mass is 31.2. The molecular formula is C63H112NO8P. The summed E-state index contributed by atoms with van der Waals surface area (Å²) in [6, 6.07) is 0. The van der Waals surface area contributed by atoms with Crippen LogP contribution in [-0.2, 0) is 32.7 Å². The smallest absolute Gasteiger partial charge is 0.306 e. The summed E-state index contributed by atoms with van der Waals surface area (Å²) in [5.74, 6) is -0.840. The number of phosphoric acid groups is 1. The molecule has 0 aromatic rings. The summed E-state index contributed by atoms with van der Waals surface area (Å²) in [4.78, 5) is 37.9. The molecule has 0 saturated heterocycles. The van der Waals surface area contributed by atoms with Crippen LogP contribution in [-0.4, -0.2) is 70.0 Å². The molecule has 9 nitrogen and oxygen atoms in total. The Morgan fingerprint density at radius 2 is 0.781 bits per heavy atom. The molecule has 0 N–H and O–H groups in total. The fourth-order valence-electron chi connectivity index (χ4n) is 8.07. The van der Waals surface area contributed by atoms with Crippen molar-refractivity contribution in [2.45, 2.75) is 258 Å². The van der Waals surface area contributed by atoms with E-state index in [9.17, 15) is 19.0 Å². The molecule has 0 aliphatic heterocycles. The molecule has 0 aliphatic rings. The molecule has 0 fully saturated rings. The van der Waals surface area contributed by atoms with Crippen LogP contribution in [0.1, 0.15) is 251 Å². The Morgan fingerprint density at radius 1 is 0.438 bits per heavy atom. The first-order valence-corrected chi connectivity index (χ1v) is 31.3. The molecule has 422 valence electrons. The minimum Gasteiger partial charge on any atom is -0.756 e. The molecule has 0 heterocycles. The third-order valence-corrected chi connectivity index (χ3v) is 13.6. The number of likely N-dealkylation sites (N-methyl/N-ethyl adjacent to an activating group) is 1. The van der Waals surface area contributed by atoms with Crippen LogP contribution in [0.3, 0.4) is 0 Å². The number of ether oxygens (including phenoxy) is 2. The Kier molecular flexibility index (Phi) is 51.9. The summed E-state index contributed by atoms with van der Waals surface area (Å²) in [7, 11) is 1.16. The average Bonchev–Trinajstić information content (AvgIpc) is 3.35. The number of hydrogen-bond donors (Lipinski definition) is 0. The molecule has 0 aromatic heterocycles. The predicted octanol–water partition coefficient (Wildman–Crippen LogP) is 18.0. The van der Waals surface area contributed by atoms with Crippen molar-refractivity contribution < 1.29 is 42.1 Å². The number of unbranched alkanes of at least 4 members (excludes halogenated alkanes) is 26. The summed E-state index contributed by atoms with van der Waals surface area (Å²) >= 11 is 0. The maximum absolute atomic E-state index is 12.8. The van der Waals surface area contributed by atoms with Crippen LogP contribution in [0, 0.1) is 0 Å². The van der Waals surface area contributed by atoms with Gasteiger partial charge in [-0.05, 0) is 89.9 Å². The predicted molar refractivity (Wildman–Crippen MR) is 309 cm³/mol. The van der Waals surface area contributed by atoms with E-state index in [0.29, 0.717) is 17.4 Å². The van der Waals surface area contributed by atoms with Gasteiger partial charge in [-0.1, -0.05) is 234 Å². The standard InChI is InChI=1S/C63H112NO8P/c1-6-8-10-12-14-16-18-20-22-24-26-27-28-29-30-31-32-33-34-35-36-37-38-40-42-44-46-48-50-52-54-56-63(66)72-61(60-71-73(67,68)70-58-57-64(3,4)5)59-69-62(65)55-53-51-49-47-45-43-41-39-25-23-21-19-17-15-13-11-9-7-2/h8,10,14,16-17,19-20,22-23,25-27,29-30,61H,6-7,9,11-13,15,18,21,24,28,31-60H2,1-5H3/b10-8-,16-14-,19-17-,22-20-,25-23-,27-26-,30-29-. The van der Waals surface area contributed by atoms with E-state index in [4.69, 9.17) is 18.5 Å². The summed E-state index contributed by atoms with van der Waals surface area (Å²) < 4.78 is 34.2. The Labute approximate surface area is 450 Å². The summed E-state index contributed by atoms with van der Waals surface area (Å²) in [6.07, 6.45) is 72.0. The van der Waals surface area contributed by atoms with Gasteiger partial charge in [0, 0.05) is 12.8 Å². The minimum absolute atomic E-state index is 0.0346. The molecule has 0 aromatic carbocycles. The molecule has 0 saturated carbocycles. The monoisotopic (exact) mass is 1040 g/mol. The fraction of sp³-hybridized carbons (Fsp3) is 0.746. The van der Waals surface area contributed by atoms with Gasteiger partial charge in [0.15, 0.2) is 6.10 Å². The number of rotatable bonds is 54. The Morgan fingerprint density at radius 3 is 1.16 bits per heavy atom. The first-order chi connectivity index (χ1) is 35.5. The Hall–Kier alpha value is -2.81. The van der Waals surface area contributed by atoms with Gasteiger partial charge in [-0.25, -0.2) is 0 Å². The molecule has 2 unspecified atom stereocenters. The Balaban J connectivity index is 4.12. The second-order valence-corrected chi connectivity index (χ2v) is 22.4. The van der Waals surface area contributed by atoms with E-state index in [1.54, 1.807) is 0 Å². The lowest BCUT2D eigenvalue weighted by molar-refractivity contribution is -0.870. The van der Waals surface area contributed by atoms with E-state index in [0.717, 1.165) is 89.9 Å². The highest BCUT2D eigenvalue weighted by Gasteiger charge is 2.22. The highest BCUT2D eigenvalue weighted by molar-refractivity contribution is 7.45. The maximum Gasteiger partial charge on any atom is 0.306 e. The lowest BCUT2D eigenvalue weighted by Crippen LogP contribution is -2.37. The number of carbonyl (C=O) groups is 2. The number of quaternary nitrogens is 1. The van der Waals surface area contributed by atoms with Crippen molar-refractivity contribution in [3.05, 3.63) is 85.1 Å². The quantitative estimate of drug-likeness (QED) is 0.0195. The third-order valence-electron chi connectivity index (χ3n) is 12.6. The lowest BCUT2D eigenvalue weighted by Gasteiger charge is -2.28. The van der Waals surface area contributed by atoms with Gasteiger partial charge in [0.1, 0.15) is 19.8 Å². The molecule has 73 heavy (non-hydrogen) atoms. The number of nitrogens with zero attached hydrogens (tertiary/aromatic N) is 1. The van der Waals surface area contributed by atoms with Gasteiger partial charge in [0.25, 0.3) is 7.82 Å². The second kappa shape index (κ2) is 54.0. The van der Waals surface area contributed by atoms with Crippen LogP contribution >= 0.6 is 7.82 Å². The van der Waals surface area contributed by atoms with E-state index in [2.05, 4.69) is 98.9 Å². The van der Waals surface area contributed by atoms with Crippen LogP contribution in [0.25, 0.3) is 0 Å². The van der Waals surface area contributed by atoms with Gasteiger partial charge >= 0.3 is 11.9 Å². The zero-order chi connectivity index (χ0) is 53.5. The van der Waals surface area contributed by atoms with Crippen LogP contribution in [0.15, 0.2) is 85.1 Å². The molecule has 0 radical (unpaired) electrons. The largest absolute Gasteiger partial charge is 0.756 e. The SMILES string of the molecule is CC/C=C\C/C=C\C/C=C\C/C=C\C/C=C\CCCCCCCCCCCCCCCCCC(=O)OC(COC(=O)CCCCCCCCC/C=C\C/C=C\CCCCCC)COP(=O)([O-])OCC[N+](C)(C)C. The normalized spacial score (nSPS) is 13.9. The van der Waals surface area contributed by atoms with E-state index in [1.807, 2.05) is 21.1 Å². The average molecular weight is 1040 g/mol. The van der Waals surface area contributed by atoms with Crippen LogP contribution in [0.2, 0.25) is 0 Å². The third kappa shape index (κ3) is 58.3. The highest BCUT2D eigenvalue weighted by Crippen LogP contribution is 2.38. The van der Waals surface area contributed by atoms with Crippen molar-refractivity contribution in [3.63, 3.8) is 0 Å². The molecule has 0 bridgehead atoms. The van der Waals surface area contributed by atoms with E-state index in [-0.39, 0.29) is 26.1 Å². The van der Waals surface area contributed by atoms with Crippen molar-refractivity contribution in [3.8, 4) is 0 Å². The van der Waals surface area contributed by atoms with Crippen LogP contribution in [0.4, 0.5) is 0 Å². The van der Waals surface area contributed by atoms with Crippen LogP contribution < -0.4 is 4.89 Å². The van der Waals surface area contributed by atoms with E-state index < -0.39 is 32.5 Å². The lowest BCUT2D eigenvalue weighted by atomic mass is 10.0. The summed E-state index contributed by atoms with van der Waals surface area (Å²) in [5.41, 5.74) is 0. The first-order valence-electron chi connectivity index (χ1n) is 29.8. The molecule has 0 rings (SSSR count). The fourth-order valence-corrected chi connectivity index (χ4v) is 8.80. The van der Waals surface area contributed by atoms with Crippen molar-refractivity contribution in [2.24, 2.45) is 0 Å². The first kappa shape index (κ1) is 70.2. The van der Waals surface area contributed by atoms with E-state index >= 15 is 0 Å². The van der Waals surface area contributed by atoms with Crippen molar-refractivity contribution in [1.82, 2.24) is 0 Å². The second-order valence-electron chi connectivity index (χ2n) is 21.0. The summed E-state index contributed by atoms with van der Waals surface area (Å²) in [6.45, 7) is 4.11. The minimum atomic E-state index is -4.64. The zero-order valence-corrected chi connectivity index (χ0v) is 48.7. The molecule has 10 heteroatoms. The van der Waals surface area contributed by atoms with Gasteiger partial charge < -0.3 is 27.9 Å². The van der Waals surface area contributed by atoms with Gasteiger partial charge in [0.2, 0.25) is 0 Å². The number of allylic oxidation sites excluding steroid dienone is 14. The number of carbonyl (C=O) groups excluding carboxylic acids is 2. The molecule has 0 amide bonds. The number of hydrogen-bond acceptors (Lipinski definition) is 8. The number of esters is 2. The molecule has 2 atom stereocenters. The molecular weight excluding hydrogens is 930 g/mol. The summed E-state index contributed by atoms with van der Waals surface area (Å²) in [5, 5.41) is 0. The van der Waals surface area contributed by atoms with Gasteiger partial charge in [-0.15, -0.1) is 0 Å². The Bertz CT molecular complexity index is 1510. The van der Waals surface area contributed by atoms with Crippen molar-refractivity contribution >= 4 is 19.8 Å². The van der Waals surface area contributed by atoms with Gasteiger partial charge in [0.05, 0.1) is 27.7 Å². The molecule has 0 aliphatic carbocycles. The molecule has 0 spiro atoms. The number of phosphoric ester groups is 1. The topological polar surface area (TPSA) is 111 Å². The van der Waals surface area contributed by atoms with Gasteiger partial charge in [-0.3, -0.25) is 14.2 Å². The van der Waals surface area contributed by atoms with Crippen molar-refractivity contribution in [2.75, 3.05) is 47.5 Å².